The predicted molar refractivity (Wildman–Crippen MR) is 79.3 cm³/mol. The van der Waals surface area contributed by atoms with Gasteiger partial charge < -0.3 is 16.4 Å². The summed E-state index contributed by atoms with van der Waals surface area (Å²) < 4.78 is 0. The van der Waals surface area contributed by atoms with Crippen LogP contribution in [0.4, 0.5) is 0 Å². The van der Waals surface area contributed by atoms with Crippen molar-refractivity contribution in [3.63, 3.8) is 0 Å². The fourth-order valence-electron chi connectivity index (χ4n) is 1.24. The number of nitrogens with zero attached hydrogens (tertiary/aromatic N) is 1. The quantitative estimate of drug-likeness (QED) is 0.388. The third kappa shape index (κ3) is 6.34. The summed E-state index contributed by atoms with van der Waals surface area (Å²) in [6.45, 7) is 5.43. The minimum atomic E-state index is -0.223. The van der Waals surface area contributed by atoms with E-state index in [0.29, 0.717) is 10.8 Å². The van der Waals surface area contributed by atoms with Crippen LogP contribution in [-0.2, 0) is 4.79 Å². The molecule has 0 aliphatic rings. The Morgan fingerprint density at radius 1 is 1.39 bits per heavy atom. The molecule has 4 N–H and O–H groups in total. The summed E-state index contributed by atoms with van der Waals surface area (Å²) >= 11 is 5.03. The lowest BCUT2D eigenvalue weighted by Gasteiger charge is -2.10. The van der Waals surface area contributed by atoms with Crippen LogP contribution in [0.3, 0.4) is 0 Å². The molecule has 6 heteroatoms. The van der Waals surface area contributed by atoms with Crippen molar-refractivity contribution in [1.82, 2.24) is 10.6 Å². The Kier molecular flexibility index (Phi) is 7.94. The largest absolute Gasteiger partial charge is 0.393 e. The lowest BCUT2D eigenvalue weighted by atomic mass is 10.2. The van der Waals surface area contributed by atoms with E-state index in [0.717, 1.165) is 25.0 Å². The number of amides is 1. The van der Waals surface area contributed by atoms with Crippen LogP contribution >= 0.6 is 12.2 Å². The van der Waals surface area contributed by atoms with Gasteiger partial charge in [-0.25, -0.2) is 4.99 Å². The third-order valence-corrected chi connectivity index (χ3v) is 2.64. The molecule has 0 saturated heterocycles. The van der Waals surface area contributed by atoms with Crippen molar-refractivity contribution in [2.24, 2.45) is 10.7 Å². The van der Waals surface area contributed by atoms with Crippen molar-refractivity contribution in [2.45, 2.75) is 40.0 Å². The number of aliphatic imine (C=N–C) groups is 1. The molecule has 0 radical (unpaired) electrons. The van der Waals surface area contributed by atoms with E-state index in [-0.39, 0.29) is 11.6 Å². The number of unbranched alkanes of at least 4 members (excludes halogenated alkanes) is 1. The summed E-state index contributed by atoms with van der Waals surface area (Å²) in [5.41, 5.74) is 7.05. The highest BCUT2D eigenvalue weighted by atomic mass is 32.1. The molecule has 1 amide bonds. The molecule has 0 spiro atoms. The number of nitrogens with two attached hydrogens (primary N) is 1. The second kappa shape index (κ2) is 8.63. The van der Waals surface area contributed by atoms with Gasteiger partial charge in [0.2, 0.25) is 5.91 Å². The van der Waals surface area contributed by atoms with Crippen LogP contribution in [-0.4, -0.2) is 23.7 Å². The van der Waals surface area contributed by atoms with Gasteiger partial charge in [-0.3, -0.25) is 4.79 Å². The van der Waals surface area contributed by atoms with E-state index < -0.39 is 0 Å². The fraction of sp³-hybridized carbons (Fsp3) is 0.583. The second-order valence-corrected chi connectivity index (χ2v) is 4.38. The zero-order valence-corrected chi connectivity index (χ0v) is 12.3. The van der Waals surface area contributed by atoms with Gasteiger partial charge >= 0.3 is 0 Å². The number of carbonyl (C=O) groups is 1. The number of hydrogen-bond donors (Lipinski definition) is 3. The fourth-order valence-corrected chi connectivity index (χ4v) is 1.34. The smallest absolute Gasteiger partial charge is 0.222 e. The van der Waals surface area contributed by atoms with Gasteiger partial charge in [0.1, 0.15) is 10.7 Å². The van der Waals surface area contributed by atoms with Crippen molar-refractivity contribution in [3.8, 4) is 0 Å². The molecule has 102 valence electrons. The van der Waals surface area contributed by atoms with E-state index >= 15 is 0 Å². The minimum absolute atomic E-state index is 0.223. The molecule has 0 saturated carbocycles. The van der Waals surface area contributed by atoms with Crippen LogP contribution in [0.15, 0.2) is 16.5 Å². The van der Waals surface area contributed by atoms with Crippen LogP contribution in [0, 0.1) is 0 Å². The van der Waals surface area contributed by atoms with Crippen molar-refractivity contribution < 1.29 is 4.79 Å². The normalized spacial score (nSPS) is 12.8. The Balaban J connectivity index is 5.11. The molecule has 0 heterocycles. The summed E-state index contributed by atoms with van der Waals surface area (Å²) in [4.78, 5) is 15.8. The molecule has 0 unspecified atom stereocenters. The maximum atomic E-state index is 11.1. The molecule has 0 aromatic rings. The zero-order valence-electron chi connectivity index (χ0n) is 11.5. The highest BCUT2D eigenvalue weighted by Crippen LogP contribution is 2.04. The topological polar surface area (TPSA) is 79.5 Å². The maximum absolute atomic E-state index is 11.1. The highest BCUT2D eigenvalue weighted by Gasteiger charge is 2.08. The van der Waals surface area contributed by atoms with Gasteiger partial charge in [-0.1, -0.05) is 25.6 Å². The lowest BCUT2D eigenvalue weighted by Crippen LogP contribution is -2.30. The van der Waals surface area contributed by atoms with Gasteiger partial charge in [0.15, 0.2) is 5.82 Å². The number of nitrogens with one attached hydrogen (secondary N) is 2. The van der Waals surface area contributed by atoms with E-state index in [4.69, 9.17) is 18.0 Å². The van der Waals surface area contributed by atoms with E-state index in [1.807, 2.05) is 6.92 Å². The Bertz CT molecular complexity index is 374. The van der Waals surface area contributed by atoms with Crippen LogP contribution < -0.4 is 16.4 Å². The standard InChI is InChI=1S/C12H22N4OS/c1-5-6-7-8(2)15-11(16-9(3)17)10(13)12(18)14-4/h5-7,13H2,1-4H3,(H,14,18)(H,16,17)/b11-10+,15-8?. The summed E-state index contributed by atoms with van der Waals surface area (Å²) in [6, 6.07) is 0. The minimum Gasteiger partial charge on any atom is -0.393 e. The Morgan fingerprint density at radius 2 is 2.00 bits per heavy atom. The Labute approximate surface area is 114 Å². The molecule has 0 fully saturated rings. The first-order valence-electron chi connectivity index (χ1n) is 5.95. The van der Waals surface area contributed by atoms with Gasteiger partial charge in [0, 0.05) is 19.7 Å². The number of rotatable bonds is 6. The van der Waals surface area contributed by atoms with Gasteiger partial charge in [-0.15, -0.1) is 0 Å². The molecule has 0 rings (SSSR count). The molecule has 0 aromatic heterocycles. The first-order chi connectivity index (χ1) is 8.42. The first kappa shape index (κ1) is 16.6. The van der Waals surface area contributed by atoms with Crippen LogP contribution in [0.25, 0.3) is 0 Å². The van der Waals surface area contributed by atoms with Gasteiger partial charge in [-0.2, -0.15) is 0 Å². The predicted octanol–water partition coefficient (Wildman–Crippen LogP) is 1.45. The number of thiocarbonyl (C=S) groups is 1. The van der Waals surface area contributed by atoms with Crippen LogP contribution in [0.2, 0.25) is 0 Å². The molecule has 0 aliphatic heterocycles. The van der Waals surface area contributed by atoms with E-state index in [1.165, 1.54) is 6.92 Å². The van der Waals surface area contributed by atoms with Crippen molar-refractivity contribution in [3.05, 3.63) is 11.5 Å². The molecular formula is C12H22N4OS. The average Bonchev–Trinajstić information content (AvgIpc) is 2.33. The molecule has 0 bridgehead atoms. The number of hydrogen-bond acceptors (Lipinski definition) is 4. The van der Waals surface area contributed by atoms with Crippen molar-refractivity contribution in [1.29, 1.82) is 0 Å². The van der Waals surface area contributed by atoms with Crippen molar-refractivity contribution >= 4 is 28.8 Å². The van der Waals surface area contributed by atoms with E-state index in [9.17, 15) is 4.79 Å². The zero-order chi connectivity index (χ0) is 14.1. The summed E-state index contributed by atoms with van der Waals surface area (Å²) in [5, 5.41) is 5.37. The highest BCUT2D eigenvalue weighted by molar-refractivity contribution is 7.80. The molecule has 18 heavy (non-hydrogen) atoms. The average molecular weight is 270 g/mol. The lowest BCUT2D eigenvalue weighted by molar-refractivity contribution is -0.118. The molecule has 0 aromatic carbocycles. The monoisotopic (exact) mass is 270 g/mol. The van der Waals surface area contributed by atoms with Gasteiger partial charge in [0.25, 0.3) is 0 Å². The second-order valence-electron chi connectivity index (χ2n) is 3.97. The number of likely N-dealkylation sites (N-methyl/N-ethyl adjacent to an activating group) is 1. The molecular weight excluding hydrogens is 248 g/mol. The van der Waals surface area contributed by atoms with E-state index in [2.05, 4.69) is 22.5 Å². The summed E-state index contributed by atoms with van der Waals surface area (Å²) in [7, 11) is 1.67. The van der Waals surface area contributed by atoms with E-state index in [1.54, 1.807) is 7.05 Å². The Morgan fingerprint density at radius 3 is 2.44 bits per heavy atom. The van der Waals surface area contributed by atoms with Crippen LogP contribution in [0.5, 0.6) is 0 Å². The summed E-state index contributed by atoms with van der Waals surface area (Å²) in [6.07, 6.45) is 3.02. The van der Waals surface area contributed by atoms with Gasteiger partial charge in [-0.05, 0) is 19.8 Å². The van der Waals surface area contributed by atoms with Crippen LogP contribution in [0.1, 0.15) is 40.0 Å². The van der Waals surface area contributed by atoms with Gasteiger partial charge in [0.05, 0.1) is 0 Å². The SMILES string of the molecule is CCCCC(C)=N/C(NC(C)=O)=C(\N)C(=S)NC. The van der Waals surface area contributed by atoms with Crippen molar-refractivity contribution in [2.75, 3.05) is 7.05 Å². The molecule has 0 atom stereocenters. The molecule has 5 nitrogen and oxygen atoms in total. The maximum Gasteiger partial charge on any atom is 0.222 e. The third-order valence-electron chi connectivity index (χ3n) is 2.22. The summed E-state index contributed by atoms with van der Waals surface area (Å²) in [5.74, 6) is 0.0920. The number of carbonyl (C=O) groups excluding carboxylic acids is 1. The molecule has 0 aliphatic carbocycles. The Hall–Kier alpha value is -1.43. The first-order valence-corrected chi connectivity index (χ1v) is 6.36.